The van der Waals surface area contributed by atoms with Crippen molar-refractivity contribution in [1.82, 2.24) is 5.32 Å². The van der Waals surface area contributed by atoms with Crippen LogP contribution in [0.4, 0.5) is 0 Å². The van der Waals surface area contributed by atoms with Crippen molar-refractivity contribution < 1.29 is 16.8 Å². The molecular formula is C11H20N2O4S3. The van der Waals surface area contributed by atoms with E-state index in [2.05, 4.69) is 5.32 Å². The van der Waals surface area contributed by atoms with Crippen LogP contribution in [0.3, 0.4) is 0 Å². The molecule has 1 aromatic rings. The zero-order valence-electron chi connectivity index (χ0n) is 11.7. The summed E-state index contributed by atoms with van der Waals surface area (Å²) in [5, 5.41) is 7.53. The monoisotopic (exact) mass is 340 g/mol. The van der Waals surface area contributed by atoms with Crippen LogP contribution in [-0.2, 0) is 26.4 Å². The molecule has 116 valence electrons. The summed E-state index contributed by atoms with van der Waals surface area (Å²) in [5.41, 5.74) is 0.459. The van der Waals surface area contributed by atoms with E-state index in [1.54, 1.807) is 13.8 Å². The summed E-state index contributed by atoms with van der Waals surface area (Å²) in [6.45, 7) is 6.23. The summed E-state index contributed by atoms with van der Waals surface area (Å²) in [6.07, 6.45) is 0.464. The Balaban J connectivity index is 3.40. The molecule has 0 aliphatic rings. The largest absolute Gasteiger partial charge is 0.313 e. The molecule has 0 spiro atoms. The van der Waals surface area contributed by atoms with Gasteiger partial charge in [0.15, 0.2) is 9.84 Å². The zero-order valence-corrected chi connectivity index (χ0v) is 14.2. The first-order valence-electron chi connectivity index (χ1n) is 6.24. The van der Waals surface area contributed by atoms with Gasteiger partial charge in [-0.15, -0.1) is 11.3 Å². The molecule has 0 aliphatic carbocycles. The number of sulfonamides is 1. The molecule has 0 aromatic carbocycles. The topological polar surface area (TPSA) is 106 Å². The first-order chi connectivity index (χ1) is 9.14. The van der Waals surface area contributed by atoms with Gasteiger partial charge in [-0.25, -0.2) is 22.0 Å². The Morgan fingerprint density at radius 2 is 1.90 bits per heavy atom. The standard InChI is InChI=1S/C11H20N2O4S3/c1-4-8(3)19(14,15)11-9(7-13-5-2)6-10(18-11)20(12,16)17/h6,8,13H,4-5,7H2,1-3H3,(H2,12,16,17). The number of nitrogens with one attached hydrogen (secondary N) is 1. The van der Waals surface area contributed by atoms with Crippen LogP contribution in [0.1, 0.15) is 32.8 Å². The lowest BCUT2D eigenvalue weighted by molar-refractivity contribution is 0.581. The first kappa shape index (κ1) is 17.6. The molecule has 0 saturated heterocycles. The van der Waals surface area contributed by atoms with Gasteiger partial charge in [0.25, 0.3) is 0 Å². The molecule has 0 bridgehead atoms. The molecule has 20 heavy (non-hydrogen) atoms. The molecule has 0 aliphatic heterocycles. The van der Waals surface area contributed by atoms with Crippen LogP contribution in [0.15, 0.2) is 14.5 Å². The Labute approximate surface area is 124 Å². The predicted octanol–water partition coefficient (Wildman–Crippen LogP) is 1.08. The minimum absolute atomic E-state index is 0.0943. The first-order valence-corrected chi connectivity index (χ1v) is 10.2. The summed E-state index contributed by atoms with van der Waals surface area (Å²) in [6, 6.07) is 1.35. The van der Waals surface area contributed by atoms with Gasteiger partial charge < -0.3 is 5.32 Å². The smallest absolute Gasteiger partial charge is 0.247 e. The van der Waals surface area contributed by atoms with E-state index < -0.39 is 25.1 Å². The van der Waals surface area contributed by atoms with Gasteiger partial charge in [0.2, 0.25) is 10.0 Å². The Hall–Kier alpha value is -0.480. The summed E-state index contributed by atoms with van der Waals surface area (Å²) in [5.74, 6) is 0. The normalized spacial score (nSPS) is 14.4. The highest BCUT2D eigenvalue weighted by Gasteiger charge is 2.29. The third-order valence-electron chi connectivity index (χ3n) is 2.96. The van der Waals surface area contributed by atoms with Gasteiger partial charge in [-0.1, -0.05) is 13.8 Å². The van der Waals surface area contributed by atoms with Crippen LogP contribution in [0.2, 0.25) is 0 Å². The SMILES string of the molecule is CCNCc1cc(S(N)(=O)=O)sc1S(=O)(=O)C(C)CC. The zero-order chi connectivity index (χ0) is 15.6. The molecule has 1 rings (SSSR count). The van der Waals surface area contributed by atoms with Crippen LogP contribution in [0.25, 0.3) is 0 Å². The number of thiophene rings is 1. The fourth-order valence-corrected chi connectivity index (χ4v) is 5.91. The maximum atomic E-state index is 12.4. The van der Waals surface area contributed by atoms with E-state index in [0.29, 0.717) is 25.1 Å². The van der Waals surface area contributed by atoms with Gasteiger partial charge >= 0.3 is 0 Å². The van der Waals surface area contributed by atoms with E-state index in [1.807, 2.05) is 6.92 Å². The number of sulfone groups is 1. The van der Waals surface area contributed by atoms with Crippen molar-refractivity contribution in [2.24, 2.45) is 5.14 Å². The Morgan fingerprint density at radius 3 is 2.35 bits per heavy atom. The van der Waals surface area contributed by atoms with Gasteiger partial charge in [-0.3, -0.25) is 0 Å². The minimum Gasteiger partial charge on any atom is -0.313 e. The number of hydrogen-bond donors (Lipinski definition) is 2. The minimum atomic E-state index is -3.90. The van der Waals surface area contributed by atoms with Gasteiger partial charge in [0, 0.05) is 6.54 Å². The molecule has 1 aromatic heterocycles. The summed E-state index contributed by atoms with van der Waals surface area (Å²) < 4.78 is 47.7. The molecule has 1 unspecified atom stereocenters. The lowest BCUT2D eigenvalue weighted by atomic mass is 10.3. The fraction of sp³-hybridized carbons (Fsp3) is 0.636. The highest BCUT2D eigenvalue weighted by atomic mass is 32.3. The predicted molar refractivity (Wildman–Crippen MR) is 80.0 cm³/mol. The molecule has 1 atom stereocenters. The summed E-state index contributed by atoms with van der Waals surface area (Å²) in [4.78, 5) is 0. The van der Waals surface area contributed by atoms with Gasteiger partial charge in [-0.2, -0.15) is 0 Å². The lowest BCUT2D eigenvalue weighted by Gasteiger charge is -2.11. The quantitative estimate of drug-likeness (QED) is 0.772. The van der Waals surface area contributed by atoms with Gasteiger partial charge in [0.1, 0.15) is 8.42 Å². The number of primary sulfonamides is 1. The van der Waals surface area contributed by atoms with E-state index in [4.69, 9.17) is 5.14 Å². The molecule has 3 N–H and O–H groups in total. The van der Waals surface area contributed by atoms with E-state index >= 15 is 0 Å². The van der Waals surface area contributed by atoms with Crippen molar-refractivity contribution in [3.63, 3.8) is 0 Å². The molecule has 0 amide bonds. The summed E-state index contributed by atoms with van der Waals surface area (Å²) >= 11 is 0.727. The second-order valence-corrected chi connectivity index (χ2v) is 9.87. The molecular weight excluding hydrogens is 320 g/mol. The van der Waals surface area contributed by atoms with Crippen molar-refractivity contribution >= 4 is 31.2 Å². The Bertz CT molecular complexity index is 662. The second kappa shape index (κ2) is 6.52. The summed E-state index contributed by atoms with van der Waals surface area (Å²) in [7, 11) is -7.43. The van der Waals surface area contributed by atoms with E-state index in [0.717, 1.165) is 11.3 Å². The van der Waals surface area contributed by atoms with E-state index in [-0.39, 0.29) is 8.42 Å². The molecule has 0 radical (unpaired) electrons. The lowest BCUT2D eigenvalue weighted by Crippen LogP contribution is -2.19. The molecule has 1 heterocycles. The third-order valence-corrected chi connectivity index (χ3v) is 8.47. The van der Waals surface area contributed by atoms with Crippen LogP contribution in [0, 0.1) is 0 Å². The molecule has 0 fully saturated rings. The number of hydrogen-bond acceptors (Lipinski definition) is 6. The fourth-order valence-electron chi connectivity index (χ4n) is 1.55. The molecule has 9 heteroatoms. The molecule has 6 nitrogen and oxygen atoms in total. The number of rotatable bonds is 7. The van der Waals surface area contributed by atoms with Crippen LogP contribution in [0.5, 0.6) is 0 Å². The Kier molecular flexibility index (Phi) is 5.73. The van der Waals surface area contributed by atoms with Crippen molar-refractivity contribution in [1.29, 1.82) is 0 Å². The van der Waals surface area contributed by atoms with Crippen molar-refractivity contribution in [3.8, 4) is 0 Å². The van der Waals surface area contributed by atoms with Crippen LogP contribution < -0.4 is 10.5 Å². The van der Waals surface area contributed by atoms with Gasteiger partial charge in [-0.05, 0) is 31.5 Å². The van der Waals surface area contributed by atoms with Crippen LogP contribution in [-0.4, -0.2) is 28.6 Å². The average molecular weight is 340 g/mol. The van der Waals surface area contributed by atoms with Gasteiger partial charge in [0.05, 0.1) is 5.25 Å². The van der Waals surface area contributed by atoms with E-state index in [1.165, 1.54) is 6.07 Å². The third kappa shape index (κ3) is 3.79. The highest BCUT2D eigenvalue weighted by molar-refractivity contribution is 7.95. The van der Waals surface area contributed by atoms with E-state index in [9.17, 15) is 16.8 Å². The maximum Gasteiger partial charge on any atom is 0.247 e. The second-order valence-electron chi connectivity index (χ2n) is 4.47. The van der Waals surface area contributed by atoms with Crippen molar-refractivity contribution in [2.75, 3.05) is 6.54 Å². The van der Waals surface area contributed by atoms with Crippen molar-refractivity contribution in [2.45, 2.75) is 47.4 Å². The van der Waals surface area contributed by atoms with Crippen molar-refractivity contribution in [3.05, 3.63) is 11.6 Å². The average Bonchev–Trinajstić information content (AvgIpc) is 2.79. The molecule has 0 saturated carbocycles. The van der Waals surface area contributed by atoms with Crippen LogP contribution >= 0.6 is 11.3 Å². The number of nitrogens with two attached hydrogens (primary N) is 1. The highest BCUT2D eigenvalue weighted by Crippen LogP contribution is 2.32. The Morgan fingerprint density at radius 1 is 1.30 bits per heavy atom. The maximum absolute atomic E-state index is 12.4.